The molecule has 1 aromatic rings. The minimum Gasteiger partial charge on any atom is -0.398 e. The van der Waals surface area contributed by atoms with Gasteiger partial charge in [0.05, 0.1) is 0 Å². The molecular formula is C14H20N2O. The normalized spacial score (nSPS) is 16.5. The fourth-order valence-corrected chi connectivity index (χ4v) is 2.31. The van der Waals surface area contributed by atoms with Crippen molar-refractivity contribution in [3.05, 3.63) is 29.3 Å². The van der Waals surface area contributed by atoms with Crippen molar-refractivity contribution >= 4 is 11.6 Å². The molecule has 1 heterocycles. The van der Waals surface area contributed by atoms with Gasteiger partial charge in [0.2, 0.25) is 5.91 Å². The number of amides is 1. The van der Waals surface area contributed by atoms with Gasteiger partial charge in [-0.1, -0.05) is 26.0 Å². The molecule has 1 atom stereocenters. The Labute approximate surface area is 103 Å². The van der Waals surface area contributed by atoms with Gasteiger partial charge < -0.3 is 10.6 Å². The summed E-state index contributed by atoms with van der Waals surface area (Å²) in [4.78, 5) is 14.1. The molecule has 2 rings (SSSR count). The summed E-state index contributed by atoms with van der Waals surface area (Å²) in [5.41, 5.74) is 9.23. The first-order valence-electron chi connectivity index (χ1n) is 6.28. The maximum atomic E-state index is 12.1. The average molecular weight is 232 g/mol. The van der Waals surface area contributed by atoms with E-state index in [-0.39, 0.29) is 11.8 Å². The first-order valence-corrected chi connectivity index (χ1v) is 6.28. The molecular weight excluding hydrogens is 212 g/mol. The van der Waals surface area contributed by atoms with Crippen LogP contribution >= 0.6 is 0 Å². The van der Waals surface area contributed by atoms with Crippen molar-refractivity contribution in [1.82, 2.24) is 4.90 Å². The fraction of sp³-hybridized carbons (Fsp3) is 0.500. The highest BCUT2D eigenvalue weighted by Gasteiger charge is 2.24. The van der Waals surface area contributed by atoms with Crippen molar-refractivity contribution in [3.63, 3.8) is 0 Å². The lowest BCUT2D eigenvalue weighted by Gasteiger charge is -2.31. The van der Waals surface area contributed by atoms with Gasteiger partial charge in [-0.05, 0) is 30.0 Å². The number of hydrogen-bond donors (Lipinski definition) is 1. The zero-order chi connectivity index (χ0) is 12.4. The van der Waals surface area contributed by atoms with E-state index < -0.39 is 0 Å². The summed E-state index contributed by atoms with van der Waals surface area (Å²) in [5, 5.41) is 0. The summed E-state index contributed by atoms with van der Waals surface area (Å²) >= 11 is 0. The highest BCUT2D eigenvalue weighted by Crippen LogP contribution is 2.25. The van der Waals surface area contributed by atoms with Gasteiger partial charge in [-0.3, -0.25) is 4.79 Å². The number of nitrogens with zero attached hydrogens (tertiary/aromatic N) is 1. The van der Waals surface area contributed by atoms with Crippen LogP contribution in [0.15, 0.2) is 18.2 Å². The van der Waals surface area contributed by atoms with Gasteiger partial charge in [-0.2, -0.15) is 0 Å². The van der Waals surface area contributed by atoms with Crippen LogP contribution in [0.25, 0.3) is 0 Å². The second kappa shape index (κ2) is 4.78. The number of anilines is 1. The van der Waals surface area contributed by atoms with Crippen LogP contribution in [-0.4, -0.2) is 17.4 Å². The number of benzene rings is 1. The van der Waals surface area contributed by atoms with Crippen molar-refractivity contribution in [2.75, 3.05) is 12.3 Å². The van der Waals surface area contributed by atoms with Crippen LogP contribution in [0.3, 0.4) is 0 Å². The van der Waals surface area contributed by atoms with Gasteiger partial charge in [0, 0.05) is 24.7 Å². The van der Waals surface area contributed by atoms with E-state index in [2.05, 4.69) is 13.0 Å². The maximum Gasteiger partial charge on any atom is 0.225 e. The molecule has 17 heavy (non-hydrogen) atoms. The summed E-state index contributed by atoms with van der Waals surface area (Å²) < 4.78 is 0. The lowest BCUT2D eigenvalue weighted by molar-refractivity contribution is -0.136. The van der Waals surface area contributed by atoms with Crippen molar-refractivity contribution in [2.24, 2.45) is 5.92 Å². The minimum atomic E-state index is 0.123. The molecule has 1 aliphatic heterocycles. The Morgan fingerprint density at radius 3 is 3.00 bits per heavy atom. The quantitative estimate of drug-likeness (QED) is 0.795. The summed E-state index contributed by atoms with van der Waals surface area (Å²) in [6.07, 6.45) is 1.78. The number of rotatable bonds is 2. The van der Waals surface area contributed by atoms with Gasteiger partial charge in [0.1, 0.15) is 0 Å². The Hall–Kier alpha value is -1.51. The van der Waals surface area contributed by atoms with Gasteiger partial charge in [0.15, 0.2) is 0 Å². The fourth-order valence-electron chi connectivity index (χ4n) is 2.31. The Morgan fingerprint density at radius 1 is 1.53 bits per heavy atom. The molecule has 1 aliphatic rings. The third-order valence-corrected chi connectivity index (χ3v) is 3.65. The molecule has 0 aromatic heterocycles. The van der Waals surface area contributed by atoms with Crippen LogP contribution in [0.1, 0.15) is 31.4 Å². The number of hydrogen-bond acceptors (Lipinski definition) is 2. The molecule has 1 unspecified atom stereocenters. The van der Waals surface area contributed by atoms with Crippen LogP contribution in [0.5, 0.6) is 0 Å². The molecule has 2 N–H and O–H groups in total. The van der Waals surface area contributed by atoms with E-state index in [1.165, 1.54) is 11.1 Å². The van der Waals surface area contributed by atoms with E-state index in [0.29, 0.717) is 6.54 Å². The van der Waals surface area contributed by atoms with E-state index in [0.717, 1.165) is 25.1 Å². The molecule has 0 saturated carbocycles. The van der Waals surface area contributed by atoms with Gasteiger partial charge >= 0.3 is 0 Å². The molecule has 3 nitrogen and oxygen atoms in total. The average Bonchev–Trinajstić information content (AvgIpc) is 2.37. The van der Waals surface area contributed by atoms with Gasteiger partial charge in [-0.25, -0.2) is 0 Å². The molecule has 0 fully saturated rings. The molecule has 92 valence electrons. The minimum absolute atomic E-state index is 0.123. The molecule has 0 spiro atoms. The third kappa shape index (κ3) is 2.28. The Morgan fingerprint density at radius 2 is 2.29 bits per heavy atom. The van der Waals surface area contributed by atoms with E-state index in [4.69, 9.17) is 5.73 Å². The van der Waals surface area contributed by atoms with Crippen LogP contribution in [0.4, 0.5) is 5.69 Å². The highest BCUT2D eigenvalue weighted by atomic mass is 16.2. The molecule has 1 amide bonds. The van der Waals surface area contributed by atoms with Crippen LogP contribution in [0.2, 0.25) is 0 Å². The van der Waals surface area contributed by atoms with E-state index in [1.54, 1.807) is 0 Å². The Kier molecular flexibility index (Phi) is 3.36. The Balaban J connectivity index is 2.16. The molecule has 0 saturated heterocycles. The van der Waals surface area contributed by atoms with Gasteiger partial charge in [-0.15, -0.1) is 0 Å². The van der Waals surface area contributed by atoms with E-state index in [1.807, 2.05) is 24.0 Å². The number of carbonyl (C=O) groups excluding carboxylic acids is 1. The molecule has 0 bridgehead atoms. The highest BCUT2D eigenvalue weighted by molar-refractivity contribution is 5.79. The first kappa shape index (κ1) is 12.0. The topological polar surface area (TPSA) is 46.3 Å². The molecule has 0 radical (unpaired) electrons. The van der Waals surface area contributed by atoms with E-state index in [9.17, 15) is 4.79 Å². The van der Waals surface area contributed by atoms with Crippen molar-refractivity contribution in [2.45, 2.75) is 33.2 Å². The SMILES string of the molecule is CCC(C)C(=O)N1CCc2c(N)cccc2C1. The van der Waals surface area contributed by atoms with Gasteiger partial charge in [0.25, 0.3) is 0 Å². The summed E-state index contributed by atoms with van der Waals surface area (Å²) in [6, 6.07) is 5.97. The summed E-state index contributed by atoms with van der Waals surface area (Å²) in [6.45, 7) is 5.56. The molecule has 1 aromatic carbocycles. The smallest absolute Gasteiger partial charge is 0.225 e. The number of nitrogens with two attached hydrogens (primary N) is 1. The third-order valence-electron chi connectivity index (χ3n) is 3.65. The van der Waals surface area contributed by atoms with Crippen LogP contribution in [-0.2, 0) is 17.8 Å². The van der Waals surface area contributed by atoms with Crippen molar-refractivity contribution < 1.29 is 4.79 Å². The second-order valence-electron chi connectivity index (χ2n) is 4.80. The van der Waals surface area contributed by atoms with Crippen molar-refractivity contribution in [3.8, 4) is 0 Å². The lowest BCUT2D eigenvalue weighted by atomic mass is 9.96. The first-order chi connectivity index (χ1) is 8.13. The zero-order valence-corrected chi connectivity index (χ0v) is 10.6. The number of fused-ring (bicyclic) bond motifs is 1. The summed E-state index contributed by atoms with van der Waals surface area (Å²) in [5.74, 6) is 0.387. The number of carbonyl (C=O) groups is 1. The molecule has 3 heteroatoms. The zero-order valence-electron chi connectivity index (χ0n) is 10.6. The molecule has 0 aliphatic carbocycles. The second-order valence-corrected chi connectivity index (χ2v) is 4.80. The van der Waals surface area contributed by atoms with Crippen molar-refractivity contribution in [1.29, 1.82) is 0 Å². The summed E-state index contributed by atoms with van der Waals surface area (Å²) in [7, 11) is 0. The monoisotopic (exact) mass is 232 g/mol. The largest absolute Gasteiger partial charge is 0.398 e. The standard InChI is InChI=1S/C14H20N2O/c1-3-10(2)14(17)16-8-7-12-11(9-16)5-4-6-13(12)15/h4-6,10H,3,7-9,15H2,1-2H3. The van der Waals surface area contributed by atoms with Crippen LogP contribution in [0, 0.1) is 5.92 Å². The lowest BCUT2D eigenvalue weighted by Crippen LogP contribution is -2.39. The van der Waals surface area contributed by atoms with E-state index >= 15 is 0 Å². The number of nitrogen functional groups attached to an aromatic ring is 1. The predicted molar refractivity (Wildman–Crippen MR) is 69.4 cm³/mol. The Bertz CT molecular complexity index is 428. The predicted octanol–water partition coefficient (Wildman–Crippen LogP) is 2.20. The maximum absolute atomic E-state index is 12.1. The van der Waals surface area contributed by atoms with Crippen LogP contribution < -0.4 is 5.73 Å².